The van der Waals surface area contributed by atoms with Crippen LogP contribution in [0.1, 0.15) is 18.1 Å². The molecule has 0 spiro atoms. The summed E-state index contributed by atoms with van der Waals surface area (Å²) in [6.45, 7) is 2.74. The van der Waals surface area contributed by atoms with Crippen molar-refractivity contribution in [1.82, 2.24) is 5.32 Å². The lowest BCUT2D eigenvalue weighted by Crippen LogP contribution is -2.37. The first-order chi connectivity index (χ1) is 7.63. The summed E-state index contributed by atoms with van der Waals surface area (Å²) < 4.78 is 5.04. The summed E-state index contributed by atoms with van der Waals surface area (Å²) in [6, 6.07) is 7.43. The fourth-order valence-electron chi connectivity index (χ4n) is 1.35. The number of benzene rings is 1. The number of nitrogens with two attached hydrogens (primary N) is 1. The minimum absolute atomic E-state index is 0. The molecule has 1 aromatic carbocycles. The standard InChI is InChI=1S/C12H18N2O2.ClH/c1-9(13)12(15)14-7-10-4-3-5-11(6-10)8-16-2;/h3-6,9H,7-8,13H2,1-2H3,(H,14,15);1H/t9-;/m1./s1. The van der Waals surface area contributed by atoms with E-state index in [9.17, 15) is 4.79 Å². The Labute approximate surface area is 108 Å². The van der Waals surface area contributed by atoms with E-state index in [4.69, 9.17) is 10.5 Å². The first-order valence-corrected chi connectivity index (χ1v) is 5.23. The summed E-state index contributed by atoms with van der Waals surface area (Å²) in [5.74, 6) is -0.142. The average Bonchev–Trinajstić information content (AvgIpc) is 2.26. The number of rotatable bonds is 5. The van der Waals surface area contributed by atoms with Crippen LogP contribution in [0.3, 0.4) is 0 Å². The molecule has 0 unspecified atom stereocenters. The van der Waals surface area contributed by atoms with E-state index in [1.165, 1.54) is 0 Å². The second-order valence-electron chi connectivity index (χ2n) is 3.76. The van der Waals surface area contributed by atoms with Crippen molar-refractivity contribution in [2.75, 3.05) is 7.11 Å². The van der Waals surface area contributed by atoms with Crippen LogP contribution in [0.4, 0.5) is 0 Å². The summed E-state index contributed by atoms with van der Waals surface area (Å²) >= 11 is 0. The fourth-order valence-corrected chi connectivity index (χ4v) is 1.35. The van der Waals surface area contributed by atoms with Crippen LogP contribution < -0.4 is 11.1 Å². The number of carbonyl (C=O) groups excluding carboxylic acids is 1. The molecule has 4 nitrogen and oxygen atoms in total. The maximum absolute atomic E-state index is 11.3. The molecule has 96 valence electrons. The lowest BCUT2D eigenvalue weighted by Gasteiger charge is -2.08. The lowest BCUT2D eigenvalue weighted by atomic mass is 10.1. The second-order valence-corrected chi connectivity index (χ2v) is 3.76. The topological polar surface area (TPSA) is 64.3 Å². The summed E-state index contributed by atoms with van der Waals surface area (Å²) in [5.41, 5.74) is 7.58. The van der Waals surface area contributed by atoms with Crippen LogP contribution in [0.15, 0.2) is 24.3 Å². The van der Waals surface area contributed by atoms with Crippen molar-refractivity contribution in [3.63, 3.8) is 0 Å². The predicted octanol–water partition coefficient (Wildman–Crippen LogP) is 1.22. The van der Waals surface area contributed by atoms with Gasteiger partial charge in [-0.05, 0) is 18.1 Å². The normalized spacial score (nSPS) is 11.5. The molecule has 1 atom stereocenters. The van der Waals surface area contributed by atoms with E-state index in [0.29, 0.717) is 13.2 Å². The maximum atomic E-state index is 11.3. The molecule has 0 aliphatic heterocycles. The first kappa shape index (κ1) is 15.9. The van der Waals surface area contributed by atoms with Crippen LogP contribution in [0.5, 0.6) is 0 Å². The third-order valence-corrected chi connectivity index (χ3v) is 2.18. The molecule has 0 aliphatic rings. The third kappa shape index (κ3) is 5.68. The number of halogens is 1. The molecular formula is C12H19ClN2O2. The number of ether oxygens (including phenoxy) is 1. The Morgan fingerprint density at radius 3 is 2.71 bits per heavy atom. The Morgan fingerprint density at radius 1 is 1.47 bits per heavy atom. The molecule has 0 saturated carbocycles. The smallest absolute Gasteiger partial charge is 0.236 e. The highest BCUT2D eigenvalue weighted by Gasteiger charge is 2.06. The van der Waals surface area contributed by atoms with Gasteiger partial charge in [-0.15, -0.1) is 12.4 Å². The van der Waals surface area contributed by atoms with Gasteiger partial charge in [-0.25, -0.2) is 0 Å². The van der Waals surface area contributed by atoms with Gasteiger partial charge in [0, 0.05) is 13.7 Å². The first-order valence-electron chi connectivity index (χ1n) is 5.23. The number of amides is 1. The van der Waals surface area contributed by atoms with Gasteiger partial charge in [0.2, 0.25) is 5.91 Å². The van der Waals surface area contributed by atoms with Crippen molar-refractivity contribution >= 4 is 18.3 Å². The van der Waals surface area contributed by atoms with Gasteiger partial charge in [-0.1, -0.05) is 24.3 Å². The molecule has 0 fully saturated rings. The zero-order valence-corrected chi connectivity index (χ0v) is 10.9. The Morgan fingerprint density at radius 2 is 2.12 bits per heavy atom. The summed E-state index contributed by atoms with van der Waals surface area (Å²) in [7, 11) is 1.66. The molecule has 0 heterocycles. The van der Waals surface area contributed by atoms with Crippen LogP contribution in [-0.4, -0.2) is 19.1 Å². The van der Waals surface area contributed by atoms with E-state index in [-0.39, 0.29) is 18.3 Å². The average molecular weight is 259 g/mol. The van der Waals surface area contributed by atoms with Crippen LogP contribution >= 0.6 is 12.4 Å². The van der Waals surface area contributed by atoms with Crippen LogP contribution in [0, 0.1) is 0 Å². The van der Waals surface area contributed by atoms with Gasteiger partial charge in [0.15, 0.2) is 0 Å². The van der Waals surface area contributed by atoms with E-state index in [2.05, 4.69) is 5.32 Å². The van der Waals surface area contributed by atoms with Gasteiger partial charge >= 0.3 is 0 Å². The van der Waals surface area contributed by atoms with E-state index in [1.54, 1.807) is 14.0 Å². The maximum Gasteiger partial charge on any atom is 0.236 e. The quantitative estimate of drug-likeness (QED) is 0.835. The van der Waals surface area contributed by atoms with Gasteiger partial charge < -0.3 is 15.8 Å². The Kier molecular flexibility index (Phi) is 7.54. The molecule has 0 aliphatic carbocycles. The predicted molar refractivity (Wildman–Crippen MR) is 69.9 cm³/mol. The molecule has 3 N–H and O–H groups in total. The van der Waals surface area contributed by atoms with Crippen LogP contribution in [0.2, 0.25) is 0 Å². The molecule has 17 heavy (non-hydrogen) atoms. The minimum Gasteiger partial charge on any atom is -0.380 e. The number of hydrogen-bond donors (Lipinski definition) is 2. The fraction of sp³-hybridized carbons (Fsp3) is 0.417. The monoisotopic (exact) mass is 258 g/mol. The Hall–Kier alpha value is -1.10. The van der Waals surface area contributed by atoms with E-state index in [0.717, 1.165) is 11.1 Å². The van der Waals surface area contributed by atoms with E-state index in [1.807, 2.05) is 24.3 Å². The minimum atomic E-state index is -0.470. The molecule has 1 rings (SSSR count). The van der Waals surface area contributed by atoms with Gasteiger partial charge in [-0.3, -0.25) is 4.79 Å². The molecule has 0 saturated heterocycles. The third-order valence-electron chi connectivity index (χ3n) is 2.18. The van der Waals surface area contributed by atoms with Crippen molar-refractivity contribution in [3.8, 4) is 0 Å². The van der Waals surface area contributed by atoms with Crippen molar-refractivity contribution in [3.05, 3.63) is 35.4 Å². The Bertz CT molecular complexity index is 356. The highest BCUT2D eigenvalue weighted by atomic mass is 35.5. The largest absolute Gasteiger partial charge is 0.380 e. The lowest BCUT2D eigenvalue weighted by molar-refractivity contribution is -0.122. The SMILES string of the molecule is COCc1cccc(CNC(=O)[C@@H](C)N)c1.Cl. The highest BCUT2D eigenvalue weighted by Crippen LogP contribution is 2.06. The van der Waals surface area contributed by atoms with Crippen LogP contribution in [0.25, 0.3) is 0 Å². The molecule has 0 aromatic heterocycles. The molecule has 0 bridgehead atoms. The van der Waals surface area contributed by atoms with Crippen molar-refractivity contribution < 1.29 is 9.53 Å². The highest BCUT2D eigenvalue weighted by molar-refractivity contribution is 5.85. The summed E-state index contributed by atoms with van der Waals surface area (Å²) in [5, 5.41) is 2.76. The summed E-state index contributed by atoms with van der Waals surface area (Å²) in [4.78, 5) is 11.3. The van der Waals surface area contributed by atoms with E-state index >= 15 is 0 Å². The van der Waals surface area contributed by atoms with Gasteiger partial charge in [0.25, 0.3) is 0 Å². The number of nitrogens with one attached hydrogen (secondary N) is 1. The van der Waals surface area contributed by atoms with Gasteiger partial charge in [0.1, 0.15) is 0 Å². The molecule has 5 heteroatoms. The number of hydrogen-bond acceptors (Lipinski definition) is 3. The van der Waals surface area contributed by atoms with Crippen molar-refractivity contribution in [2.24, 2.45) is 5.73 Å². The van der Waals surface area contributed by atoms with Crippen LogP contribution in [-0.2, 0) is 22.7 Å². The number of methoxy groups -OCH3 is 1. The summed E-state index contributed by atoms with van der Waals surface area (Å²) in [6.07, 6.45) is 0. The second kappa shape index (κ2) is 8.06. The van der Waals surface area contributed by atoms with Gasteiger partial charge in [0.05, 0.1) is 12.6 Å². The zero-order valence-electron chi connectivity index (χ0n) is 10.1. The molecule has 0 radical (unpaired) electrons. The van der Waals surface area contributed by atoms with E-state index < -0.39 is 6.04 Å². The Balaban J connectivity index is 0.00000256. The molecule has 1 aromatic rings. The molecular weight excluding hydrogens is 240 g/mol. The van der Waals surface area contributed by atoms with Crippen molar-refractivity contribution in [1.29, 1.82) is 0 Å². The molecule has 1 amide bonds. The van der Waals surface area contributed by atoms with Gasteiger partial charge in [-0.2, -0.15) is 0 Å². The zero-order chi connectivity index (χ0) is 12.0. The van der Waals surface area contributed by atoms with Crippen molar-refractivity contribution in [2.45, 2.75) is 26.1 Å². The number of carbonyl (C=O) groups is 1.